The molecule has 1 aromatic rings. The number of benzene rings is 1. The smallest absolute Gasteiger partial charge is 0.257 e. The summed E-state index contributed by atoms with van der Waals surface area (Å²) in [4.78, 5) is 12.9. The zero-order valence-corrected chi connectivity index (χ0v) is 9.71. The van der Waals surface area contributed by atoms with Gasteiger partial charge in [0, 0.05) is 6.54 Å². The van der Waals surface area contributed by atoms with E-state index in [9.17, 15) is 18.0 Å². The summed E-state index contributed by atoms with van der Waals surface area (Å²) >= 11 is 0. The third-order valence-electron chi connectivity index (χ3n) is 2.31. The predicted molar refractivity (Wildman–Crippen MR) is 58.1 cm³/mol. The van der Waals surface area contributed by atoms with E-state index in [2.05, 4.69) is 0 Å². The van der Waals surface area contributed by atoms with Crippen molar-refractivity contribution in [3.05, 3.63) is 35.1 Å². The Morgan fingerprint density at radius 1 is 1.33 bits per heavy atom. The van der Waals surface area contributed by atoms with Crippen LogP contribution in [0.25, 0.3) is 0 Å². The first-order valence-electron chi connectivity index (χ1n) is 5.32. The quantitative estimate of drug-likeness (QED) is 0.613. The van der Waals surface area contributed by atoms with Crippen LogP contribution < -0.4 is 0 Å². The van der Waals surface area contributed by atoms with E-state index in [1.165, 1.54) is 0 Å². The molecule has 1 rings (SSSR count). The summed E-state index contributed by atoms with van der Waals surface area (Å²) in [6.07, 6.45) is 0.568. The summed E-state index contributed by atoms with van der Waals surface area (Å²) < 4.78 is 39.1. The lowest BCUT2D eigenvalue weighted by Crippen LogP contribution is -2.33. The molecule has 96 valence electrons. The van der Waals surface area contributed by atoms with Gasteiger partial charge in [-0.3, -0.25) is 4.79 Å². The molecule has 0 aromatic heterocycles. The van der Waals surface area contributed by atoms with Crippen LogP contribution >= 0.6 is 0 Å². The van der Waals surface area contributed by atoms with Crippen LogP contribution in [0.5, 0.6) is 0 Å². The van der Waals surface area contributed by atoms with Crippen molar-refractivity contribution >= 4 is 5.91 Å². The van der Waals surface area contributed by atoms with E-state index in [4.69, 9.17) is 5.26 Å². The Morgan fingerprint density at radius 2 is 2.00 bits per heavy atom. The van der Waals surface area contributed by atoms with Crippen molar-refractivity contribution in [3.8, 4) is 6.07 Å². The van der Waals surface area contributed by atoms with Gasteiger partial charge in [-0.1, -0.05) is 6.92 Å². The van der Waals surface area contributed by atoms with Gasteiger partial charge in [0.2, 0.25) is 0 Å². The van der Waals surface area contributed by atoms with Crippen molar-refractivity contribution in [2.45, 2.75) is 13.3 Å². The molecule has 0 aliphatic heterocycles. The maximum Gasteiger partial charge on any atom is 0.257 e. The second kappa shape index (κ2) is 6.05. The fraction of sp³-hybridized carbons (Fsp3) is 0.333. The summed E-state index contributed by atoms with van der Waals surface area (Å²) in [5, 5.41) is 8.56. The summed E-state index contributed by atoms with van der Waals surface area (Å²) in [7, 11) is 0. The number of carbonyl (C=O) groups excluding carboxylic acids is 1. The Hall–Kier alpha value is -2.03. The molecule has 0 N–H and O–H groups in total. The van der Waals surface area contributed by atoms with E-state index in [0.717, 1.165) is 11.0 Å². The number of hydrogen-bond acceptors (Lipinski definition) is 2. The maximum absolute atomic E-state index is 13.4. The molecule has 3 nitrogen and oxygen atoms in total. The number of hydrogen-bond donors (Lipinski definition) is 0. The van der Waals surface area contributed by atoms with Crippen LogP contribution in [0, 0.1) is 28.8 Å². The van der Waals surface area contributed by atoms with Gasteiger partial charge in [0.15, 0.2) is 17.5 Å². The Morgan fingerprint density at radius 3 is 2.56 bits per heavy atom. The number of amides is 1. The third kappa shape index (κ3) is 2.80. The SMILES string of the molecule is CCCN(CC#N)C(=O)c1ccc(F)c(F)c1F. The van der Waals surface area contributed by atoms with Crippen molar-refractivity contribution in [2.24, 2.45) is 0 Å². The van der Waals surface area contributed by atoms with Crippen LogP contribution in [0.1, 0.15) is 23.7 Å². The average molecular weight is 256 g/mol. The highest BCUT2D eigenvalue weighted by molar-refractivity contribution is 5.94. The Labute approximate surface area is 102 Å². The maximum atomic E-state index is 13.4. The molecule has 0 saturated heterocycles. The van der Waals surface area contributed by atoms with E-state index in [-0.39, 0.29) is 13.1 Å². The highest BCUT2D eigenvalue weighted by Gasteiger charge is 2.22. The van der Waals surface area contributed by atoms with E-state index >= 15 is 0 Å². The summed E-state index contributed by atoms with van der Waals surface area (Å²) in [5.74, 6) is -5.39. The normalized spacial score (nSPS) is 9.94. The van der Waals surface area contributed by atoms with Crippen LogP contribution in [-0.2, 0) is 0 Å². The van der Waals surface area contributed by atoms with Crippen molar-refractivity contribution in [1.29, 1.82) is 5.26 Å². The molecular formula is C12H11F3N2O. The highest BCUT2D eigenvalue weighted by Crippen LogP contribution is 2.17. The Balaban J connectivity index is 3.10. The third-order valence-corrected chi connectivity index (χ3v) is 2.31. The minimum atomic E-state index is -1.69. The fourth-order valence-electron chi connectivity index (χ4n) is 1.47. The molecule has 0 spiro atoms. The summed E-state index contributed by atoms with van der Waals surface area (Å²) in [6.45, 7) is 1.79. The lowest BCUT2D eigenvalue weighted by atomic mass is 10.1. The van der Waals surface area contributed by atoms with Gasteiger partial charge in [0.05, 0.1) is 11.6 Å². The van der Waals surface area contributed by atoms with E-state index in [1.54, 1.807) is 13.0 Å². The van der Waals surface area contributed by atoms with Gasteiger partial charge in [-0.15, -0.1) is 0 Å². The Bertz CT molecular complexity index is 497. The predicted octanol–water partition coefficient (Wildman–Crippen LogP) is 2.48. The lowest BCUT2D eigenvalue weighted by molar-refractivity contribution is 0.0770. The first-order valence-corrected chi connectivity index (χ1v) is 5.32. The zero-order chi connectivity index (χ0) is 13.7. The van der Waals surface area contributed by atoms with Crippen molar-refractivity contribution in [2.75, 3.05) is 13.1 Å². The number of rotatable bonds is 4. The number of nitrogens with zero attached hydrogens (tertiary/aromatic N) is 2. The molecule has 0 aliphatic rings. The van der Waals surface area contributed by atoms with Gasteiger partial charge in [0.25, 0.3) is 5.91 Å². The van der Waals surface area contributed by atoms with Crippen LogP contribution in [0.3, 0.4) is 0 Å². The molecule has 0 radical (unpaired) electrons. The minimum absolute atomic E-state index is 0.231. The fourth-order valence-corrected chi connectivity index (χ4v) is 1.47. The molecule has 1 amide bonds. The van der Waals surface area contributed by atoms with Gasteiger partial charge in [-0.25, -0.2) is 13.2 Å². The first-order chi connectivity index (χ1) is 8.52. The second-order valence-electron chi connectivity index (χ2n) is 3.61. The minimum Gasteiger partial charge on any atom is -0.325 e. The number of halogens is 3. The summed E-state index contributed by atoms with van der Waals surface area (Å²) in [5.41, 5.74) is -0.572. The van der Waals surface area contributed by atoms with E-state index < -0.39 is 28.9 Å². The van der Waals surface area contributed by atoms with Gasteiger partial charge in [-0.05, 0) is 18.6 Å². The average Bonchev–Trinajstić information content (AvgIpc) is 2.35. The molecule has 18 heavy (non-hydrogen) atoms. The molecule has 0 heterocycles. The van der Waals surface area contributed by atoms with Crippen molar-refractivity contribution in [3.63, 3.8) is 0 Å². The zero-order valence-electron chi connectivity index (χ0n) is 9.71. The first kappa shape index (κ1) is 14.0. The molecule has 0 aliphatic carbocycles. The van der Waals surface area contributed by atoms with Crippen molar-refractivity contribution in [1.82, 2.24) is 4.90 Å². The number of carbonyl (C=O) groups is 1. The molecule has 0 unspecified atom stereocenters. The standard InChI is InChI=1S/C12H11F3N2O/c1-2-6-17(7-5-16)12(18)8-3-4-9(13)11(15)10(8)14/h3-4H,2,6-7H2,1H3. The van der Waals surface area contributed by atoms with E-state index in [0.29, 0.717) is 12.5 Å². The molecule has 0 saturated carbocycles. The van der Waals surface area contributed by atoms with Crippen LogP contribution in [-0.4, -0.2) is 23.9 Å². The molecule has 0 atom stereocenters. The van der Waals surface area contributed by atoms with Gasteiger partial charge in [0.1, 0.15) is 6.54 Å². The van der Waals surface area contributed by atoms with Crippen LogP contribution in [0.4, 0.5) is 13.2 Å². The molecule has 0 fully saturated rings. The second-order valence-corrected chi connectivity index (χ2v) is 3.61. The molecule has 6 heteroatoms. The summed E-state index contributed by atoms with van der Waals surface area (Å²) in [6, 6.07) is 3.32. The lowest BCUT2D eigenvalue weighted by Gasteiger charge is -2.19. The number of nitriles is 1. The molecular weight excluding hydrogens is 245 g/mol. The van der Waals surface area contributed by atoms with E-state index in [1.807, 2.05) is 0 Å². The van der Waals surface area contributed by atoms with Crippen LogP contribution in [0.2, 0.25) is 0 Å². The van der Waals surface area contributed by atoms with Crippen LogP contribution in [0.15, 0.2) is 12.1 Å². The highest BCUT2D eigenvalue weighted by atomic mass is 19.2. The van der Waals surface area contributed by atoms with Gasteiger partial charge < -0.3 is 4.90 Å². The topological polar surface area (TPSA) is 44.1 Å². The largest absolute Gasteiger partial charge is 0.325 e. The van der Waals surface area contributed by atoms with Gasteiger partial charge >= 0.3 is 0 Å². The monoisotopic (exact) mass is 256 g/mol. The Kier molecular flexibility index (Phi) is 4.72. The molecule has 1 aromatic carbocycles. The van der Waals surface area contributed by atoms with Crippen molar-refractivity contribution < 1.29 is 18.0 Å². The van der Waals surface area contributed by atoms with Gasteiger partial charge in [-0.2, -0.15) is 5.26 Å². The molecule has 0 bridgehead atoms.